The number of likely N-dealkylation sites (tertiary alicyclic amines) is 1. The van der Waals surface area contributed by atoms with Crippen LogP contribution in [0.15, 0.2) is 18.2 Å². The molecule has 120 valence electrons. The van der Waals surface area contributed by atoms with Gasteiger partial charge in [-0.3, -0.25) is 4.79 Å². The van der Waals surface area contributed by atoms with Crippen LogP contribution in [0, 0.1) is 22.6 Å². The predicted octanol–water partition coefficient (Wildman–Crippen LogP) is 2.89. The summed E-state index contributed by atoms with van der Waals surface area (Å²) in [5.41, 5.74) is 0.233. The summed E-state index contributed by atoms with van der Waals surface area (Å²) in [6, 6.07) is 4.45. The molecule has 1 aromatic rings. The molecular formula is C17H21ClFNO2. The molecule has 0 aromatic heterocycles. The van der Waals surface area contributed by atoms with Gasteiger partial charge in [-0.2, -0.15) is 0 Å². The molecule has 1 saturated heterocycles. The number of nitrogens with zero attached hydrogens (tertiary/aromatic N) is 1. The molecule has 1 N–H and O–H groups in total. The number of halogens is 2. The molecule has 1 aliphatic heterocycles. The van der Waals surface area contributed by atoms with Gasteiger partial charge >= 0.3 is 0 Å². The summed E-state index contributed by atoms with van der Waals surface area (Å²) in [6.07, 6.45) is 0.894. The minimum Gasteiger partial charge on any atom is -0.396 e. The minimum absolute atomic E-state index is 0.0276. The van der Waals surface area contributed by atoms with Crippen LogP contribution >= 0.6 is 11.6 Å². The van der Waals surface area contributed by atoms with Gasteiger partial charge in [-0.25, -0.2) is 4.39 Å². The van der Waals surface area contributed by atoms with Crippen molar-refractivity contribution in [3.05, 3.63) is 34.6 Å². The van der Waals surface area contributed by atoms with Crippen LogP contribution < -0.4 is 0 Å². The minimum atomic E-state index is -0.444. The lowest BCUT2D eigenvalue weighted by Gasteiger charge is -2.55. The molecule has 1 aliphatic carbocycles. The van der Waals surface area contributed by atoms with E-state index < -0.39 is 5.82 Å². The summed E-state index contributed by atoms with van der Waals surface area (Å²) in [5.74, 6) is -0.254. The Labute approximate surface area is 135 Å². The van der Waals surface area contributed by atoms with E-state index in [-0.39, 0.29) is 40.4 Å². The van der Waals surface area contributed by atoms with Gasteiger partial charge in [-0.1, -0.05) is 31.5 Å². The second kappa shape index (κ2) is 5.20. The van der Waals surface area contributed by atoms with Crippen LogP contribution in [0.3, 0.4) is 0 Å². The van der Waals surface area contributed by atoms with Crippen molar-refractivity contribution in [3.63, 3.8) is 0 Å². The molecule has 0 unspecified atom stereocenters. The Morgan fingerprint density at radius 1 is 1.50 bits per heavy atom. The normalized spacial score (nSPS) is 29.1. The number of rotatable bonds is 3. The molecule has 2 fully saturated rings. The second-order valence-electron chi connectivity index (χ2n) is 7.39. The van der Waals surface area contributed by atoms with Gasteiger partial charge in [-0.05, 0) is 29.9 Å². The quantitative estimate of drug-likeness (QED) is 0.928. The number of carbonyl (C=O) groups is 1. The van der Waals surface area contributed by atoms with Gasteiger partial charge in [0.1, 0.15) is 5.82 Å². The fraction of sp³-hybridized carbons (Fsp3) is 0.588. The number of hydrogen-bond acceptors (Lipinski definition) is 2. The maximum atomic E-state index is 13.8. The van der Waals surface area contributed by atoms with Crippen LogP contribution in [-0.2, 0) is 11.2 Å². The third-order valence-electron chi connectivity index (χ3n) is 5.46. The van der Waals surface area contributed by atoms with E-state index in [2.05, 4.69) is 13.8 Å². The van der Waals surface area contributed by atoms with Gasteiger partial charge in [0.05, 0.1) is 13.0 Å². The number of carbonyl (C=O) groups excluding carboxylic acids is 1. The molecule has 3 nitrogen and oxygen atoms in total. The van der Waals surface area contributed by atoms with E-state index in [9.17, 15) is 14.3 Å². The van der Waals surface area contributed by atoms with Crippen LogP contribution in [0.25, 0.3) is 0 Å². The fourth-order valence-corrected chi connectivity index (χ4v) is 4.72. The molecular weight excluding hydrogens is 305 g/mol. The summed E-state index contributed by atoms with van der Waals surface area (Å²) < 4.78 is 13.8. The lowest BCUT2D eigenvalue weighted by Crippen LogP contribution is -2.54. The second-order valence-corrected chi connectivity index (χ2v) is 7.80. The van der Waals surface area contributed by atoms with Gasteiger partial charge < -0.3 is 10.0 Å². The summed E-state index contributed by atoms with van der Waals surface area (Å²) in [6.45, 7) is 5.65. The molecule has 1 heterocycles. The Morgan fingerprint density at radius 2 is 2.23 bits per heavy atom. The van der Waals surface area contributed by atoms with Crippen molar-refractivity contribution < 1.29 is 14.3 Å². The van der Waals surface area contributed by atoms with Gasteiger partial charge in [0.15, 0.2) is 0 Å². The Morgan fingerprint density at radius 3 is 2.77 bits per heavy atom. The SMILES string of the molecule is CC1(C)C[C@]2(CO)CN(C(=O)Cc3c(F)cccc3Cl)C[C@H]12. The van der Waals surface area contributed by atoms with Crippen molar-refractivity contribution in [1.82, 2.24) is 4.90 Å². The summed E-state index contributed by atoms with van der Waals surface area (Å²) in [7, 11) is 0. The zero-order chi connectivity index (χ0) is 16.1. The van der Waals surface area contributed by atoms with Crippen molar-refractivity contribution in [2.45, 2.75) is 26.7 Å². The molecule has 1 saturated carbocycles. The topological polar surface area (TPSA) is 40.5 Å². The average molecular weight is 326 g/mol. The smallest absolute Gasteiger partial charge is 0.227 e. The van der Waals surface area contributed by atoms with Crippen molar-refractivity contribution >= 4 is 17.5 Å². The molecule has 22 heavy (non-hydrogen) atoms. The van der Waals surface area contributed by atoms with E-state index in [4.69, 9.17) is 11.6 Å². The Kier molecular flexibility index (Phi) is 3.73. The molecule has 1 amide bonds. The third-order valence-corrected chi connectivity index (χ3v) is 5.81. The molecule has 2 aliphatic rings. The zero-order valence-electron chi connectivity index (χ0n) is 12.9. The first-order chi connectivity index (χ1) is 10.3. The van der Waals surface area contributed by atoms with Crippen LogP contribution in [0.4, 0.5) is 4.39 Å². The molecule has 0 radical (unpaired) electrons. The molecule has 0 spiro atoms. The lowest BCUT2D eigenvalue weighted by molar-refractivity contribution is -0.130. The number of benzene rings is 1. The first-order valence-corrected chi connectivity index (χ1v) is 7.98. The molecule has 0 bridgehead atoms. The predicted molar refractivity (Wildman–Crippen MR) is 83.1 cm³/mol. The van der Waals surface area contributed by atoms with Gasteiger partial charge in [0, 0.05) is 29.1 Å². The number of aliphatic hydroxyl groups is 1. The van der Waals surface area contributed by atoms with Crippen molar-refractivity contribution in [1.29, 1.82) is 0 Å². The highest BCUT2D eigenvalue weighted by molar-refractivity contribution is 6.31. The highest BCUT2D eigenvalue weighted by atomic mass is 35.5. The van der Waals surface area contributed by atoms with E-state index in [1.807, 2.05) is 0 Å². The Bertz CT molecular complexity index is 598. The van der Waals surface area contributed by atoms with E-state index in [1.54, 1.807) is 11.0 Å². The third kappa shape index (κ3) is 2.33. The monoisotopic (exact) mass is 325 g/mol. The summed E-state index contributed by atoms with van der Waals surface area (Å²) in [4.78, 5) is 14.3. The molecule has 5 heteroatoms. The Balaban J connectivity index is 1.75. The van der Waals surface area contributed by atoms with Crippen molar-refractivity contribution in [3.8, 4) is 0 Å². The van der Waals surface area contributed by atoms with Crippen LogP contribution in [-0.4, -0.2) is 35.6 Å². The number of fused-ring (bicyclic) bond motifs is 1. The standard InChI is InChI=1S/C17H21ClFNO2/c1-16(2)8-17(10-21)9-20(7-14(16)17)15(22)6-11-12(18)4-3-5-13(11)19/h3-5,14,21H,6-10H2,1-2H3/t14-,17-/m1/s1. The van der Waals surface area contributed by atoms with E-state index in [0.29, 0.717) is 19.0 Å². The lowest BCUT2D eigenvalue weighted by atomic mass is 9.48. The van der Waals surface area contributed by atoms with Gasteiger partial charge in [-0.15, -0.1) is 0 Å². The van der Waals surface area contributed by atoms with Gasteiger partial charge in [0.2, 0.25) is 5.91 Å². The highest BCUT2D eigenvalue weighted by Gasteiger charge is 2.62. The van der Waals surface area contributed by atoms with E-state index >= 15 is 0 Å². The number of aliphatic hydroxyl groups excluding tert-OH is 1. The van der Waals surface area contributed by atoms with Gasteiger partial charge in [0.25, 0.3) is 0 Å². The van der Waals surface area contributed by atoms with Crippen LogP contribution in [0.5, 0.6) is 0 Å². The first-order valence-electron chi connectivity index (χ1n) is 7.61. The number of amides is 1. The van der Waals surface area contributed by atoms with Crippen molar-refractivity contribution in [2.75, 3.05) is 19.7 Å². The maximum absolute atomic E-state index is 13.8. The average Bonchev–Trinajstić information content (AvgIpc) is 2.78. The Hall–Kier alpha value is -1.13. The zero-order valence-corrected chi connectivity index (χ0v) is 13.7. The molecule has 2 atom stereocenters. The van der Waals surface area contributed by atoms with Crippen molar-refractivity contribution in [2.24, 2.45) is 16.7 Å². The van der Waals surface area contributed by atoms with E-state index in [0.717, 1.165) is 6.42 Å². The molecule has 3 rings (SSSR count). The largest absolute Gasteiger partial charge is 0.396 e. The fourth-order valence-electron chi connectivity index (χ4n) is 4.49. The first kappa shape index (κ1) is 15.8. The van der Waals surface area contributed by atoms with E-state index in [1.165, 1.54) is 12.1 Å². The molecule has 1 aromatic carbocycles. The number of hydrogen-bond donors (Lipinski definition) is 1. The summed E-state index contributed by atoms with van der Waals surface area (Å²) in [5, 5.41) is 10.0. The summed E-state index contributed by atoms with van der Waals surface area (Å²) >= 11 is 6.00. The highest BCUT2D eigenvalue weighted by Crippen LogP contribution is 2.62. The maximum Gasteiger partial charge on any atom is 0.227 e. The van der Waals surface area contributed by atoms with Crippen LogP contribution in [0.2, 0.25) is 5.02 Å². The van der Waals surface area contributed by atoms with Crippen LogP contribution in [0.1, 0.15) is 25.8 Å².